The normalized spacial score (nSPS) is 13.1. The van der Waals surface area contributed by atoms with E-state index in [0.29, 0.717) is 48.8 Å². The number of halogens is 2. The topological polar surface area (TPSA) is 80.9 Å². The third-order valence-electron chi connectivity index (χ3n) is 4.38. The van der Waals surface area contributed by atoms with E-state index in [9.17, 15) is 0 Å². The van der Waals surface area contributed by atoms with Crippen LogP contribution in [-0.4, -0.2) is 31.4 Å². The number of nitrogens with zero attached hydrogens (tertiary/aromatic N) is 2. The Morgan fingerprint density at radius 2 is 1.89 bits per heavy atom. The molecule has 1 aromatic heterocycles. The van der Waals surface area contributed by atoms with Crippen LogP contribution < -0.4 is 20.1 Å². The lowest BCUT2D eigenvalue weighted by Crippen LogP contribution is -2.36. The third-order valence-corrected chi connectivity index (χ3v) is 4.66. The zero-order valence-corrected chi connectivity index (χ0v) is 19.4. The van der Waals surface area contributed by atoms with Crippen molar-refractivity contribution in [3.63, 3.8) is 0 Å². The van der Waals surface area contributed by atoms with E-state index in [1.54, 1.807) is 7.05 Å². The predicted molar refractivity (Wildman–Crippen MR) is 120 cm³/mol. The minimum absolute atomic E-state index is 0. The molecule has 0 atom stereocenters. The first-order valence-corrected chi connectivity index (χ1v) is 9.52. The number of aryl methyl sites for hydroxylation is 2. The molecule has 2 aromatic rings. The Balaban J connectivity index is 0.00000280. The summed E-state index contributed by atoms with van der Waals surface area (Å²) in [6.45, 7) is 6.34. The highest BCUT2D eigenvalue weighted by Crippen LogP contribution is 2.38. The average molecular weight is 521 g/mol. The van der Waals surface area contributed by atoms with Gasteiger partial charge in [-0.1, -0.05) is 30.6 Å². The summed E-state index contributed by atoms with van der Waals surface area (Å²) >= 11 is 6.30. The molecule has 1 aromatic carbocycles. The molecule has 0 unspecified atom stereocenters. The van der Waals surface area contributed by atoms with Crippen molar-refractivity contribution in [2.75, 3.05) is 20.3 Å². The fourth-order valence-electron chi connectivity index (χ4n) is 2.98. The zero-order valence-electron chi connectivity index (χ0n) is 16.3. The molecule has 0 saturated carbocycles. The van der Waals surface area contributed by atoms with Gasteiger partial charge in [0, 0.05) is 32.1 Å². The number of aromatic nitrogens is 1. The van der Waals surface area contributed by atoms with Crippen molar-refractivity contribution in [1.82, 2.24) is 15.8 Å². The van der Waals surface area contributed by atoms with Crippen LogP contribution in [0.15, 0.2) is 21.6 Å². The standard InChI is InChI=1S/C19H25ClN4O3.HI/c1-4-15-13(16(5-2)27-24-15)11-23-19(21-3)22-10-12-8-14(20)18-17(9-12)25-6-7-26-18;/h8-9H,4-7,10-11H2,1-3H3,(H2,21,22,23);1H. The lowest BCUT2D eigenvalue weighted by Gasteiger charge is -2.20. The Hall–Kier alpha value is -1.68. The molecule has 1 aliphatic heterocycles. The van der Waals surface area contributed by atoms with Crippen LogP contribution in [0, 0.1) is 0 Å². The van der Waals surface area contributed by atoms with E-state index in [-0.39, 0.29) is 24.0 Å². The van der Waals surface area contributed by atoms with E-state index in [2.05, 4.69) is 34.6 Å². The van der Waals surface area contributed by atoms with Crippen molar-refractivity contribution in [2.45, 2.75) is 39.8 Å². The molecule has 2 heterocycles. The molecule has 3 rings (SSSR count). The van der Waals surface area contributed by atoms with E-state index in [1.807, 2.05) is 12.1 Å². The molecule has 1 aliphatic rings. The maximum atomic E-state index is 6.30. The van der Waals surface area contributed by atoms with Crippen LogP contribution in [-0.2, 0) is 25.9 Å². The van der Waals surface area contributed by atoms with Gasteiger partial charge in [-0.05, 0) is 24.1 Å². The summed E-state index contributed by atoms with van der Waals surface area (Å²) in [6.07, 6.45) is 1.65. The Labute approximate surface area is 187 Å². The summed E-state index contributed by atoms with van der Waals surface area (Å²) in [5.41, 5.74) is 3.07. The monoisotopic (exact) mass is 520 g/mol. The van der Waals surface area contributed by atoms with E-state index in [0.717, 1.165) is 35.4 Å². The molecule has 0 radical (unpaired) electrons. The van der Waals surface area contributed by atoms with Crippen molar-refractivity contribution in [3.05, 3.63) is 39.7 Å². The van der Waals surface area contributed by atoms with Gasteiger partial charge in [0.15, 0.2) is 17.5 Å². The average Bonchev–Trinajstić information content (AvgIpc) is 3.10. The highest BCUT2D eigenvalue weighted by Gasteiger charge is 2.17. The molecule has 0 amide bonds. The number of fused-ring (bicyclic) bond motifs is 1. The van der Waals surface area contributed by atoms with Crippen LogP contribution >= 0.6 is 35.6 Å². The maximum Gasteiger partial charge on any atom is 0.191 e. The lowest BCUT2D eigenvalue weighted by molar-refractivity contribution is 0.171. The first kappa shape index (κ1) is 22.6. The summed E-state index contributed by atoms with van der Waals surface area (Å²) in [5.74, 6) is 2.89. The molecule has 0 bridgehead atoms. The van der Waals surface area contributed by atoms with Gasteiger partial charge in [0.25, 0.3) is 0 Å². The quantitative estimate of drug-likeness (QED) is 0.343. The lowest BCUT2D eigenvalue weighted by atomic mass is 10.1. The van der Waals surface area contributed by atoms with Crippen LogP contribution in [0.5, 0.6) is 11.5 Å². The fraction of sp³-hybridized carbons (Fsp3) is 0.474. The first-order chi connectivity index (χ1) is 13.2. The number of ether oxygens (including phenoxy) is 2. The summed E-state index contributed by atoms with van der Waals surface area (Å²) < 4.78 is 16.6. The van der Waals surface area contributed by atoms with Crippen LogP contribution in [0.2, 0.25) is 5.02 Å². The number of nitrogens with one attached hydrogen (secondary N) is 2. The molecule has 9 heteroatoms. The Bertz CT molecular complexity index is 804. The molecular weight excluding hydrogens is 495 g/mol. The van der Waals surface area contributed by atoms with E-state index >= 15 is 0 Å². The molecule has 0 saturated heterocycles. The first-order valence-electron chi connectivity index (χ1n) is 9.15. The van der Waals surface area contributed by atoms with Crippen molar-refractivity contribution in [1.29, 1.82) is 0 Å². The predicted octanol–water partition coefficient (Wildman–Crippen LogP) is 3.71. The fourth-order valence-corrected chi connectivity index (χ4v) is 3.27. The van der Waals surface area contributed by atoms with Crippen molar-refractivity contribution < 1.29 is 14.0 Å². The van der Waals surface area contributed by atoms with Crippen LogP contribution in [0.1, 0.15) is 36.4 Å². The third kappa shape index (κ3) is 5.22. The second-order valence-corrected chi connectivity index (χ2v) is 6.53. The van der Waals surface area contributed by atoms with Crippen molar-refractivity contribution >= 4 is 41.5 Å². The van der Waals surface area contributed by atoms with Crippen LogP contribution in [0.25, 0.3) is 0 Å². The van der Waals surface area contributed by atoms with Gasteiger partial charge in [-0.25, -0.2) is 0 Å². The van der Waals surface area contributed by atoms with E-state index in [1.165, 1.54) is 0 Å². The van der Waals surface area contributed by atoms with Gasteiger partial charge >= 0.3 is 0 Å². The van der Waals surface area contributed by atoms with Gasteiger partial charge in [-0.2, -0.15) is 0 Å². The number of guanidine groups is 1. The highest BCUT2D eigenvalue weighted by atomic mass is 127. The molecule has 0 spiro atoms. The zero-order chi connectivity index (χ0) is 19.2. The molecule has 154 valence electrons. The SMILES string of the molecule is CCc1noc(CC)c1CNC(=NC)NCc1cc(Cl)c2c(c1)OCCO2.I. The van der Waals surface area contributed by atoms with Gasteiger partial charge in [-0.3, -0.25) is 4.99 Å². The smallest absolute Gasteiger partial charge is 0.191 e. The minimum Gasteiger partial charge on any atom is -0.486 e. The molecular formula is C19H26ClIN4O3. The van der Waals surface area contributed by atoms with E-state index < -0.39 is 0 Å². The largest absolute Gasteiger partial charge is 0.486 e. The van der Waals surface area contributed by atoms with Gasteiger partial charge < -0.3 is 24.6 Å². The molecule has 2 N–H and O–H groups in total. The summed E-state index contributed by atoms with van der Waals surface area (Å²) in [4.78, 5) is 4.28. The second-order valence-electron chi connectivity index (χ2n) is 6.12. The summed E-state index contributed by atoms with van der Waals surface area (Å²) in [5, 5.41) is 11.3. The Morgan fingerprint density at radius 1 is 1.14 bits per heavy atom. The van der Waals surface area contributed by atoms with Crippen molar-refractivity contribution in [3.8, 4) is 11.5 Å². The van der Waals surface area contributed by atoms with Crippen molar-refractivity contribution in [2.24, 2.45) is 4.99 Å². The van der Waals surface area contributed by atoms with Crippen LogP contribution in [0.3, 0.4) is 0 Å². The Morgan fingerprint density at radius 3 is 2.61 bits per heavy atom. The number of aliphatic imine (C=N–C) groups is 1. The minimum atomic E-state index is 0. The second kappa shape index (κ2) is 10.8. The van der Waals surface area contributed by atoms with E-state index in [4.69, 9.17) is 25.6 Å². The number of benzene rings is 1. The van der Waals surface area contributed by atoms with Gasteiger partial charge in [0.05, 0.1) is 10.7 Å². The summed E-state index contributed by atoms with van der Waals surface area (Å²) in [6, 6.07) is 3.81. The highest BCUT2D eigenvalue weighted by molar-refractivity contribution is 14.0. The molecule has 0 aliphatic carbocycles. The van der Waals surface area contributed by atoms with Crippen LogP contribution in [0.4, 0.5) is 0 Å². The molecule has 7 nitrogen and oxygen atoms in total. The summed E-state index contributed by atoms with van der Waals surface area (Å²) in [7, 11) is 1.74. The van der Waals surface area contributed by atoms with Gasteiger partial charge in [0.2, 0.25) is 0 Å². The molecule has 0 fully saturated rings. The number of rotatable bonds is 6. The number of hydrogen-bond donors (Lipinski definition) is 2. The maximum absolute atomic E-state index is 6.30. The molecule has 28 heavy (non-hydrogen) atoms. The van der Waals surface area contributed by atoms with Gasteiger partial charge in [0.1, 0.15) is 19.0 Å². The van der Waals surface area contributed by atoms with Gasteiger partial charge in [-0.15, -0.1) is 24.0 Å². The number of hydrogen-bond acceptors (Lipinski definition) is 5. The Kier molecular flexibility index (Phi) is 8.68.